The zero-order valence-electron chi connectivity index (χ0n) is 16.4. The number of likely N-dealkylation sites (N-methyl/N-ethyl adjacent to an activating group) is 2. The maximum absolute atomic E-state index is 11.7. The van der Waals surface area contributed by atoms with Crippen LogP contribution in [0.5, 0.6) is 0 Å². The van der Waals surface area contributed by atoms with Gasteiger partial charge in [-0.1, -0.05) is 13.8 Å². The van der Waals surface area contributed by atoms with Crippen LogP contribution in [0.1, 0.15) is 20.3 Å². The number of carbonyl (C=O) groups is 1. The Hall–Kier alpha value is 0.374. The molecule has 0 rings (SSSR count). The Morgan fingerprint density at radius 3 is 1.76 bits per heavy atom. The van der Waals surface area contributed by atoms with E-state index in [4.69, 9.17) is 18.9 Å². The second kappa shape index (κ2) is 20.7. The molecule has 1 amide bonds. The molecule has 147 valence electrons. The van der Waals surface area contributed by atoms with Gasteiger partial charge < -0.3 is 29.2 Å². The third-order valence-corrected chi connectivity index (χ3v) is 3.15. The van der Waals surface area contributed by atoms with Crippen LogP contribution in [-0.4, -0.2) is 90.8 Å². The van der Waals surface area contributed by atoms with E-state index in [0.717, 1.165) is 6.54 Å². The second-order valence-corrected chi connectivity index (χ2v) is 5.90. The number of ether oxygens (including phenoxy) is 4. The van der Waals surface area contributed by atoms with Gasteiger partial charge in [0, 0.05) is 59.3 Å². The molecule has 0 fully saturated rings. The van der Waals surface area contributed by atoms with Crippen molar-refractivity contribution in [2.75, 3.05) is 80.0 Å². The Balaban J connectivity index is 0. The van der Waals surface area contributed by atoms with E-state index in [9.17, 15) is 4.79 Å². The van der Waals surface area contributed by atoms with Crippen LogP contribution in [0.2, 0.25) is 0 Å². The van der Waals surface area contributed by atoms with Gasteiger partial charge in [-0.2, -0.15) is 7.05 Å². The molecule has 0 saturated heterocycles. The molecule has 0 aliphatic heterocycles. The summed E-state index contributed by atoms with van der Waals surface area (Å²) >= 11 is 0. The van der Waals surface area contributed by atoms with E-state index >= 15 is 0 Å². The summed E-state index contributed by atoms with van der Waals surface area (Å²) in [6, 6.07) is 0. The molecule has 25 heavy (non-hydrogen) atoms. The molecular weight excluding hydrogens is 401 g/mol. The minimum atomic E-state index is 0. The van der Waals surface area contributed by atoms with Crippen molar-refractivity contribution in [3.8, 4) is 0 Å². The molecule has 0 aromatic rings. The number of hydrogen-bond donors (Lipinski definition) is 0. The van der Waals surface area contributed by atoms with Crippen LogP contribution in [0.25, 0.3) is 5.32 Å². The third-order valence-electron chi connectivity index (χ3n) is 3.15. The molecule has 1 radical (unpaired) electrons. The van der Waals surface area contributed by atoms with Gasteiger partial charge in [0.1, 0.15) is 0 Å². The van der Waals surface area contributed by atoms with Crippen molar-refractivity contribution in [1.29, 1.82) is 0 Å². The quantitative estimate of drug-likeness (QED) is 0.324. The summed E-state index contributed by atoms with van der Waals surface area (Å²) in [5.41, 5.74) is 0. The van der Waals surface area contributed by atoms with Gasteiger partial charge in [0.15, 0.2) is 0 Å². The largest absolute Gasteiger partial charge is 0.663 e. The van der Waals surface area contributed by atoms with Crippen molar-refractivity contribution in [2.24, 2.45) is 5.92 Å². The fraction of sp³-hybridized carbons (Fsp3) is 0.941. The van der Waals surface area contributed by atoms with Gasteiger partial charge in [-0.25, -0.2) is 0 Å². The Labute approximate surface area is 178 Å². The first-order valence-electron chi connectivity index (χ1n) is 8.68. The average Bonchev–Trinajstić information content (AvgIpc) is 2.54. The molecule has 0 aromatic carbocycles. The van der Waals surface area contributed by atoms with E-state index in [1.807, 2.05) is 20.9 Å². The van der Waals surface area contributed by atoms with Crippen LogP contribution in [0, 0.1) is 5.92 Å². The fourth-order valence-electron chi connectivity index (χ4n) is 1.75. The van der Waals surface area contributed by atoms with Crippen LogP contribution >= 0.6 is 0 Å². The molecule has 0 spiro atoms. The van der Waals surface area contributed by atoms with Crippen molar-refractivity contribution in [3.05, 3.63) is 5.32 Å². The molecule has 0 atom stereocenters. The van der Waals surface area contributed by atoms with Crippen LogP contribution in [0.15, 0.2) is 0 Å². The first-order valence-corrected chi connectivity index (χ1v) is 8.68. The Bertz CT molecular complexity index is 296. The zero-order valence-corrected chi connectivity index (χ0v) is 19.2. The summed E-state index contributed by atoms with van der Waals surface area (Å²) in [6.45, 7) is 9.89. The van der Waals surface area contributed by atoms with Gasteiger partial charge in [-0.05, 0) is 5.92 Å². The van der Waals surface area contributed by atoms with Gasteiger partial charge in [-0.15, -0.1) is 6.54 Å². The van der Waals surface area contributed by atoms with E-state index < -0.39 is 0 Å². The van der Waals surface area contributed by atoms with E-state index in [0.29, 0.717) is 71.7 Å². The summed E-state index contributed by atoms with van der Waals surface area (Å²) in [4.78, 5) is 13.5. The molecule has 0 heterocycles. The molecule has 0 saturated carbocycles. The minimum Gasteiger partial charge on any atom is -0.663 e. The summed E-state index contributed by atoms with van der Waals surface area (Å²) in [5.74, 6) is 0.546. The summed E-state index contributed by atoms with van der Waals surface area (Å²) in [7, 11) is 3.58. The maximum atomic E-state index is 11.7. The van der Waals surface area contributed by atoms with Gasteiger partial charge in [0.25, 0.3) is 0 Å². The monoisotopic (exact) mass is 436 g/mol. The fourth-order valence-corrected chi connectivity index (χ4v) is 1.75. The first-order chi connectivity index (χ1) is 11.6. The number of nitrogens with zero attached hydrogens (tertiary/aromatic N) is 2. The van der Waals surface area contributed by atoms with Gasteiger partial charge in [0.05, 0.1) is 46.2 Å². The number of rotatable bonds is 17. The van der Waals surface area contributed by atoms with Crippen molar-refractivity contribution >= 4 is 5.91 Å². The van der Waals surface area contributed by atoms with Crippen LogP contribution in [0.4, 0.5) is 0 Å². The Morgan fingerprint density at radius 2 is 1.32 bits per heavy atom. The normalized spacial score (nSPS) is 10.8. The Morgan fingerprint density at radius 1 is 0.880 bits per heavy atom. The van der Waals surface area contributed by atoms with Crippen molar-refractivity contribution in [3.63, 3.8) is 0 Å². The average molecular weight is 436 g/mol. The zero-order chi connectivity index (χ0) is 18.0. The molecule has 0 aliphatic rings. The van der Waals surface area contributed by atoms with Crippen molar-refractivity contribution in [2.45, 2.75) is 20.3 Å². The van der Waals surface area contributed by atoms with Crippen LogP contribution in [-0.2, 0) is 56.5 Å². The molecule has 0 bridgehead atoms. The van der Waals surface area contributed by atoms with Crippen LogP contribution < -0.4 is 0 Å². The topological polar surface area (TPSA) is 71.3 Å². The Kier molecular flexibility index (Phi) is 22.8. The van der Waals surface area contributed by atoms with Gasteiger partial charge in [0.2, 0.25) is 5.91 Å². The number of carbonyl (C=O) groups excluding carboxylic acids is 1. The third kappa shape index (κ3) is 20.5. The van der Waals surface area contributed by atoms with Gasteiger partial charge >= 0.3 is 0 Å². The SMILES string of the molecule is C[N-]CCOCCOCCOCCOCCN(C)C(=O)CC(C)C.[Y]. The van der Waals surface area contributed by atoms with Gasteiger partial charge in [-0.3, -0.25) is 4.79 Å². The molecule has 7 nitrogen and oxygen atoms in total. The maximum Gasteiger partial charge on any atom is 0.222 e. The smallest absolute Gasteiger partial charge is 0.222 e. The van der Waals surface area contributed by atoms with Crippen LogP contribution in [0.3, 0.4) is 0 Å². The molecule has 0 unspecified atom stereocenters. The first kappa shape index (κ1) is 27.6. The predicted octanol–water partition coefficient (Wildman–Crippen LogP) is 1.56. The number of hydrogen-bond acceptors (Lipinski definition) is 5. The van der Waals surface area contributed by atoms with E-state index in [1.54, 1.807) is 11.9 Å². The molecule has 0 N–H and O–H groups in total. The van der Waals surface area contributed by atoms with E-state index in [-0.39, 0.29) is 38.6 Å². The molecule has 0 aliphatic carbocycles. The minimum absolute atomic E-state index is 0. The molecular formula is C17H35N2O5Y-. The van der Waals surface area contributed by atoms with E-state index in [1.165, 1.54) is 0 Å². The summed E-state index contributed by atoms with van der Waals surface area (Å²) in [5, 5.41) is 3.94. The predicted molar refractivity (Wildman–Crippen MR) is 94.5 cm³/mol. The molecule has 8 heteroatoms. The van der Waals surface area contributed by atoms with Crippen molar-refractivity contribution in [1.82, 2.24) is 4.90 Å². The number of amides is 1. The summed E-state index contributed by atoms with van der Waals surface area (Å²) < 4.78 is 21.5. The molecule has 0 aromatic heterocycles. The standard InChI is InChI=1S/C17H35N2O5.Y/c1-16(2)15-17(20)19(4)6-8-22-10-12-24-14-13-23-11-9-21-7-5-18-3;/h16H,5-15H2,1-4H3;/q-1;. The second-order valence-electron chi connectivity index (χ2n) is 5.90. The summed E-state index contributed by atoms with van der Waals surface area (Å²) in [6.07, 6.45) is 0.582. The van der Waals surface area contributed by atoms with E-state index in [2.05, 4.69) is 5.32 Å². The van der Waals surface area contributed by atoms with Crippen molar-refractivity contribution < 1.29 is 56.5 Å².